The second-order valence-corrected chi connectivity index (χ2v) is 9.20. The summed E-state index contributed by atoms with van der Waals surface area (Å²) in [7, 11) is 1.48. The number of carbonyl (C=O) groups is 4. The second-order valence-electron chi connectivity index (χ2n) is 8.18. The molecule has 0 heterocycles. The highest BCUT2D eigenvalue weighted by Crippen LogP contribution is 2.29. The fraction of sp³-hybridized carbons (Fsp3) is 0.333. The van der Waals surface area contributed by atoms with Gasteiger partial charge in [-0.25, -0.2) is 4.79 Å². The zero-order valence-corrected chi connectivity index (χ0v) is 20.1. The molecular weight excluding hydrogens is 444 g/mol. The van der Waals surface area contributed by atoms with Gasteiger partial charge in [-0.1, -0.05) is 32.9 Å². The van der Waals surface area contributed by atoms with Crippen molar-refractivity contribution in [2.45, 2.75) is 32.6 Å². The summed E-state index contributed by atoms with van der Waals surface area (Å²) in [6.45, 7) is 6.35. The molecule has 2 aromatic carbocycles. The Morgan fingerprint density at radius 1 is 1.00 bits per heavy atom. The highest BCUT2D eigenvalue weighted by Gasteiger charge is 2.23. The highest BCUT2D eigenvalue weighted by molar-refractivity contribution is 8.00. The topological polar surface area (TPSA) is 111 Å². The fourth-order valence-electron chi connectivity index (χ4n) is 2.60. The van der Waals surface area contributed by atoms with Crippen LogP contribution in [0, 0.1) is 5.41 Å². The predicted molar refractivity (Wildman–Crippen MR) is 128 cm³/mol. The van der Waals surface area contributed by atoms with E-state index in [1.807, 2.05) is 0 Å². The van der Waals surface area contributed by atoms with Crippen LogP contribution in [0.1, 0.15) is 38.1 Å². The highest BCUT2D eigenvalue weighted by atomic mass is 32.2. The van der Waals surface area contributed by atoms with Crippen LogP contribution in [0.3, 0.4) is 0 Å². The third-order valence-corrected chi connectivity index (χ3v) is 5.50. The molecule has 33 heavy (non-hydrogen) atoms. The number of amides is 2. The first-order chi connectivity index (χ1) is 15.5. The van der Waals surface area contributed by atoms with Gasteiger partial charge in [-0.05, 0) is 30.3 Å². The molecule has 0 saturated heterocycles. The Bertz CT molecular complexity index is 1050. The molecule has 0 aliphatic rings. The number of nitrogens with one attached hydrogen (secondary N) is 2. The molecule has 0 bridgehead atoms. The number of hydrogen-bond donors (Lipinski definition) is 2. The number of anilines is 2. The molecular formula is C24H28N2O6S. The molecule has 0 unspecified atom stereocenters. The van der Waals surface area contributed by atoms with Gasteiger partial charge in [-0.15, -0.1) is 11.8 Å². The lowest BCUT2D eigenvalue weighted by Crippen LogP contribution is -2.26. The molecule has 2 rings (SSSR count). The van der Waals surface area contributed by atoms with Crippen molar-refractivity contribution in [1.82, 2.24) is 0 Å². The largest absolute Gasteiger partial charge is 0.495 e. The number of benzene rings is 2. The summed E-state index contributed by atoms with van der Waals surface area (Å²) >= 11 is 1.16. The van der Waals surface area contributed by atoms with Crippen LogP contribution in [0.2, 0.25) is 0 Å². The minimum absolute atomic E-state index is 0.0126. The van der Waals surface area contributed by atoms with Crippen molar-refractivity contribution in [2.75, 3.05) is 30.1 Å². The van der Waals surface area contributed by atoms with E-state index < -0.39 is 11.4 Å². The Morgan fingerprint density at radius 3 is 2.33 bits per heavy atom. The summed E-state index contributed by atoms with van der Waals surface area (Å²) in [6.07, 6.45) is 0. The summed E-state index contributed by atoms with van der Waals surface area (Å²) in [5.41, 5.74) is 0.597. The minimum atomic E-state index is -0.624. The molecule has 0 saturated carbocycles. The quantitative estimate of drug-likeness (QED) is 0.416. The Balaban J connectivity index is 2.04. The lowest BCUT2D eigenvalue weighted by molar-refractivity contribution is -0.129. The van der Waals surface area contributed by atoms with E-state index in [1.54, 1.807) is 63.2 Å². The number of rotatable bonds is 9. The number of thioether (sulfide) groups is 1. The van der Waals surface area contributed by atoms with Gasteiger partial charge in [0.1, 0.15) is 5.75 Å². The molecule has 0 fully saturated rings. The van der Waals surface area contributed by atoms with Crippen LogP contribution in [0.5, 0.6) is 5.75 Å². The van der Waals surface area contributed by atoms with Crippen LogP contribution < -0.4 is 15.4 Å². The number of Topliss-reactive ketones (excluding diaryl/α,β-unsaturated/α-hetero) is 1. The number of esters is 1. The molecule has 0 atom stereocenters. The molecule has 2 aromatic rings. The van der Waals surface area contributed by atoms with Gasteiger partial charge in [0.2, 0.25) is 11.8 Å². The number of ether oxygens (including phenoxy) is 2. The van der Waals surface area contributed by atoms with Crippen molar-refractivity contribution in [2.24, 2.45) is 5.41 Å². The van der Waals surface area contributed by atoms with Crippen molar-refractivity contribution in [3.05, 3.63) is 48.0 Å². The van der Waals surface area contributed by atoms with Crippen LogP contribution in [-0.2, 0) is 19.1 Å². The van der Waals surface area contributed by atoms with Crippen LogP contribution in [0.4, 0.5) is 11.4 Å². The fourth-order valence-corrected chi connectivity index (χ4v) is 3.44. The maximum atomic E-state index is 12.6. The SMILES string of the molecule is COc1ccc(NC(C)=O)cc1NC(=O)CSc1ccccc1C(=O)OCC(=O)C(C)(C)C. The second kappa shape index (κ2) is 11.5. The van der Waals surface area contributed by atoms with Gasteiger partial charge in [0, 0.05) is 22.9 Å². The Kier molecular flexibility index (Phi) is 9.04. The van der Waals surface area contributed by atoms with Gasteiger partial charge in [0.25, 0.3) is 0 Å². The third kappa shape index (κ3) is 7.94. The standard InChI is InChI=1S/C24H28N2O6S/c1-15(27)25-16-10-11-19(31-5)18(12-16)26-22(29)14-33-20-9-7-6-8-17(20)23(30)32-13-21(28)24(2,3)4/h6-12H,13-14H2,1-5H3,(H,25,27)(H,26,29). The van der Waals surface area contributed by atoms with E-state index in [4.69, 9.17) is 9.47 Å². The van der Waals surface area contributed by atoms with Crippen molar-refractivity contribution < 1.29 is 28.7 Å². The average molecular weight is 473 g/mol. The van der Waals surface area contributed by atoms with E-state index in [9.17, 15) is 19.2 Å². The average Bonchev–Trinajstić information content (AvgIpc) is 2.75. The summed E-state index contributed by atoms with van der Waals surface area (Å²) in [5, 5.41) is 5.40. The predicted octanol–water partition coefficient (Wildman–Crippen LogP) is 4.16. The van der Waals surface area contributed by atoms with Gasteiger partial charge in [0.15, 0.2) is 12.4 Å². The van der Waals surface area contributed by atoms with Crippen molar-refractivity contribution >= 4 is 46.7 Å². The van der Waals surface area contributed by atoms with E-state index in [0.717, 1.165) is 11.8 Å². The summed E-state index contributed by atoms with van der Waals surface area (Å²) in [4.78, 5) is 48.9. The minimum Gasteiger partial charge on any atom is -0.495 e. The molecule has 9 heteroatoms. The van der Waals surface area contributed by atoms with Gasteiger partial charge in [-0.2, -0.15) is 0 Å². The number of carbonyl (C=O) groups excluding carboxylic acids is 4. The maximum absolute atomic E-state index is 12.6. The monoisotopic (exact) mass is 472 g/mol. The first-order valence-electron chi connectivity index (χ1n) is 10.2. The number of methoxy groups -OCH3 is 1. The lowest BCUT2D eigenvalue weighted by Gasteiger charge is -2.16. The smallest absolute Gasteiger partial charge is 0.339 e. The van der Waals surface area contributed by atoms with Crippen molar-refractivity contribution in [3.63, 3.8) is 0 Å². The van der Waals surface area contributed by atoms with E-state index >= 15 is 0 Å². The maximum Gasteiger partial charge on any atom is 0.339 e. The molecule has 176 valence electrons. The number of hydrogen-bond acceptors (Lipinski definition) is 7. The normalized spacial score (nSPS) is 10.8. The lowest BCUT2D eigenvalue weighted by atomic mass is 9.91. The van der Waals surface area contributed by atoms with Gasteiger partial charge in [-0.3, -0.25) is 14.4 Å². The molecule has 0 aliphatic heterocycles. The Morgan fingerprint density at radius 2 is 1.70 bits per heavy atom. The molecule has 2 amide bonds. The summed E-state index contributed by atoms with van der Waals surface area (Å²) in [6, 6.07) is 11.6. The molecule has 0 aromatic heterocycles. The van der Waals surface area contributed by atoms with E-state index in [-0.39, 0.29) is 35.5 Å². The van der Waals surface area contributed by atoms with Gasteiger partial charge in [0.05, 0.1) is 24.1 Å². The van der Waals surface area contributed by atoms with Crippen LogP contribution in [0.25, 0.3) is 0 Å². The summed E-state index contributed by atoms with van der Waals surface area (Å²) in [5.74, 6) is -0.921. The first kappa shape index (κ1) is 25.9. The summed E-state index contributed by atoms with van der Waals surface area (Å²) < 4.78 is 10.4. The molecule has 2 N–H and O–H groups in total. The third-order valence-electron chi connectivity index (χ3n) is 4.43. The van der Waals surface area contributed by atoms with Crippen molar-refractivity contribution in [3.8, 4) is 5.75 Å². The Labute approximate surface area is 197 Å². The van der Waals surface area contributed by atoms with Gasteiger partial charge >= 0.3 is 5.97 Å². The van der Waals surface area contributed by atoms with E-state index in [2.05, 4.69) is 10.6 Å². The van der Waals surface area contributed by atoms with E-state index in [1.165, 1.54) is 14.0 Å². The molecule has 0 aliphatic carbocycles. The van der Waals surface area contributed by atoms with E-state index in [0.29, 0.717) is 22.0 Å². The van der Waals surface area contributed by atoms with Crippen LogP contribution in [-0.4, -0.2) is 43.0 Å². The molecule has 8 nitrogen and oxygen atoms in total. The number of ketones is 1. The van der Waals surface area contributed by atoms with Crippen LogP contribution >= 0.6 is 11.8 Å². The zero-order chi connectivity index (χ0) is 24.6. The van der Waals surface area contributed by atoms with Crippen LogP contribution in [0.15, 0.2) is 47.4 Å². The van der Waals surface area contributed by atoms with Gasteiger partial charge < -0.3 is 20.1 Å². The molecule has 0 spiro atoms. The Hall–Kier alpha value is -3.33. The zero-order valence-electron chi connectivity index (χ0n) is 19.3. The molecule has 0 radical (unpaired) electrons. The van der Waals surface area contributed by atoms with Crippen molar-refractivity contribution in [1.29, 1.82) is 0 Å². The first-order valence-corrected chi connectivity index (χ1v) is 11.2.